The summed E-state index contributed by atoms with van der Waals surface area (Å²) in [6.07, 6.45) is -3.30. The zero-order valence-corrected chi connectivity index (χ0v) is 10.9. The first-order chi connectivity index (χ1) is 8.36. The van der Waals surface area contributed by atoms with E-state index < -0.39 is 22.5 Å². The Balaban J connectivity index is 2.79. The fourth-order valence-electron chi connectivity index (χ4n) is 1.21. The molecule has 0 bridgehead atoms. The highest BCUT2D eigenvalue weighted by Crippen LogP contribution is 2.15. The maximum atomic E-state index is 11.7. The van der Waals surface area contributed by atoms with Gasteiger partial charge < -0.3 is 14.9 Å². The Morgan fingerprint density at radius 2 is 1.78 bits per heavy atom. The fourth-order valence-corrected chi connectivity index (χ4v) is 2.18. The summed E-state index contributed by atoms with van der Waals surface area (Å²) >= 11 is 0. The van der Waals surface area contributed by atoms with Crippen LogP contribution in [0.3, 0.4) is 0 Å². The molecule has 0 heterocycles. The van der Waals surface area contributed by atoms with Crippen molar-refractivity contribution in [2.24, 2.45) is 0 Å². The molecule has 0 spiro atoms. The van der Waals surface area contributed by atoms with Crippen molar-refractivity contribution in [1.82, 2.24) is 0 Å². The molecule has 18 heavy (non-hydrogen) atoms. The molecular weight excluding hydrogens is 260 g/mol. The van der Waals surface area contributed by atoms with Crippen molar-refractivity contribution < 1.29 is 27.6 Å². The van der Waals surface area contributed by atoms with Crippen molar-refractivity contribution in [2.75, 3.05) is 13.7 Å². The molecule has 1 rings (SSSR count). The van der Waals surface area contributed by atoms with Gasteiger partial charge in [-0.25, -0.2) is 4.18 Å². The van der Waals surface area contributed by atoms with Gasteiger partial charge >= 0.3 is 0 Å². The minimum absolute atomic E-state index is 0.0863. The highest BCUT2D eigenvalue weighted by Gasteiger charge is 2.25. The van der Waals surface area contributed by atoms with Gasteiger partial charge in [-0.3, -0.25) is 0 Å². The molecule has 2 unspecified atom stereocenters. The van der Waals surface area contributed by atoms with Gasteiger partial charge in [-0.05, 0) is 19.1 Å². The van der Waals surface area contributed by atoms with Crippen LogP contribution in [0.25, 0.3) is 0 Å². The summed E-state index contributed by atoms with van der Waals surface area (Å²) in [4.78, 5) is -0.0863. The lowest BCUT2D eigenvalue weighted by molar-refractivity contribution is -0.120. The van der Waals surface area contributed by atoms with Crippen molar-refractivity contribution in [2.45, 2.75) is 24.2 Å². The molecule has 0 aliphatic rings. The van der Waals surface area contributed by atoms with Crippen LogP contribution in [0.15, 0.2) is 29.2 Å². The number of hydrogen-bond acceptors (Lipinski definition) is 6. The molecule has 7 heteroatoms. The number of benzene rings is 1. The summed E-state index contributed by atoms with van der Waals surface area (Å²) < 4.78 is 32.5. The Kier molecular flexibility index (Phi) is 5.24. The second-order valence-corrected chi connectivity index (χ2v) is 5.35. The lowest BCUT2D eigenvalue weighted by atomic mass is 10.2. The van der Waals surface area contributed by atoms with Crippen molar-refractivity contribution >= 4 is 10.1 Å². The average Bonchev–Trinajstić information content (AvgIpc) is 2.29. The van der Waals surface area contributed by atoms with E-state index >= 15 is 0 Å². The molecular formula is C11H16O6S. The Morgan fingerprint density at radius 1 is 1.22 bits per heavy atom. The zero-order valence-electron chi connectivity index (χ0n) is 10.1. The van der Waals surface area contributed by atoms with Crippen LogP contribution in [0, 0.1) is 6.92 Å². The van der Waals surface area contributed by atoms with Crippen LogP contribution in [0.5, 0.6) is 0 Å². The lowest BCUT2D eigenvalue weighted by Gasteiger charge is -2.17. The summed E-state index contributed by atoms with van der Waals surface area (Å²) in [5.41, 5.74) is 0.897. The first-order valence-electron chi connectivity index (χ1n) is 5.22. The Morgan fingerprint density at radius 3 is 2.28 bits per heavy atom. The third kappa shape index (κ3) is 4.04. The van der Waals surface area contributed by atoms with Crippen LogP contribution in [-0.4, -0.2) is 44.7 Å². The number of aliphatic hydroxyl groups is 2. The van der Waals surface area contributed by atoms with Crippen molar-refractivity contribution in [3.8, 4) is 0 Å². The van der Waals surface area contributed by atoms with Gasteiger partial charge in [0.15, 0.2) is 0 Å². The molecule has 0 aliphatic carbocycles. The SMILES string of the molecule is COCC(O)C(O)OS(=O)(=O)c1ccc(C)cc1. The van der Waals surface area contributed by atoms with E-state index in [9.17, 15) is 18.6 Å². The third-order valence-electron chi connectivity index (χ3n) is 2.20. The molecule has 2 atom stereocenters. The second kappa shape index (κ2) is 6.26. The van der Waals surface area contributed by atoms with E-state index in [-0.39, 0.29) is 11.5 Å². The minimum atomic E-state index is -4.11. The monoisotopic (exact) mass is 276 g/mol. The Bertz CT molecular complexity index is 467. The van der Waals surface area contributed by atoms with E-state index in [0.29, 0.717) is 0 Å². The summed E-state index contributed by atoms with van der Waals surface area (Å²) in [6, 6.07) is 5.93. The third-order valence-corrected chi connectivity index (χ3v) is 3.50. The quantitative estimate of drug-likeness (QED) is 0.562. The van der Waals surface area contributed by atoms with Crippen LogP contribution < -0.4 is 0 Å². The number of rotatable bonds is 6. The van der Waals surface area contributed by atoms with Gasteiger partial charge in [-0.2, -0.15) is 8.42 Å². The van der Waals surface area contributed by atoms with Gasteiger partial charge in [0.25, 0.3) is 10.1 Å². The molecule has 0 aromatic heterocycles. The van der Waals surface area contributed by atoms with Gasteiger partial charge in [0.1, 0.15) is 6.10 Å². The predicted octanol–water partition coefficient (Wildman–Crippen LogP) is 0.0260. The first kappa shape index (κ1) is 15.1. The Hall–Kier alpha value is -0.990. The number of hydrogen-bond donors (Lipinski definition) is 2. The van der Waals surface area contributed by atoms with Gasteiger partial charge in [0.2, 0.25) is 6.29 Å². The normalized spacial score (nSPS) is 15.3. The molecule has 0 radical (unpaired) electrons. The summed E-state index contributed by atoms with van der Waals surface area (Å²) in [7, 11) is -2.80. The molecule has 1 aromatic carbocycles. The molecule has 6 nitrogen and oxygen atoms in total. The van der Waals surface area contributed by atoms with Crippen molar-refractivity contribution in [3.05, 3.63) is 29.8 Å². The second-order valence-electron chi connectivity index (χ2n) is 3.78. The van der Waals surface area contributed by atoms with Gasteiger partial charge in [-0.15, -0.1) is 0 Å². The van der Waals surface area contributed by atoms with Crippen molar-refractivity contribution in [1.29, 1.82) is 0 Å². The van der Waals surface area contributed by atoms with Crippen LogP contribution in [-0.2, 0) is 19.0 Å². The molecule has 2 N–H and O–H groups in total. The molecule has 0 amide bonds. The lowest BCUT2D eigenvalue weighted by Crippen LogP contribution is -2.34. The van der Waals surface area contributed by atoms with E-state index in [1.54, 1.807) is 12.1 Å². The molecule has 0 aliphatic heterocycles. The topological polar surface area (TPSA) is 93.1 Å². The van der Waals surface area contributed by atoms with Gasteiger partial charge in [0, 0.05) is 7.11 Å². The Labute approximate surface area is 106 Å². The summed E-state index contributed by atoms with van der Waals surface area (Å²) in [5.74, 6) is 0. The fraction of sp³-hybridized carbons (Fsp3) is 0.455. The molecule has 0 saturated heterocycles. The maximum Gasteiger partial charge on any atom is 0.299 e. The summed E-state index contributed by atoms with van der Waals surface area (Å²) in [5, 5.41) is 18.7. The predicted molar refractivity (Wildman–Crippen MR) is 63.3 cm³/mol. The smallest absolute Gasteiger partial charge is 0.299 e. The number of aryl methyl sites for hydroxylation is 1. The van der Waals surface area contributed by atoms with E-state index in [4.69, 9.17) is 0 Å². The van der Waals surface area contributed by atoms with Gasteiger partial charge in [0.05, 0.1) is 11.5 Å². The zero-order chi connectivity index (χ0) is 13.8. The van der Waals surface area contributed by atoms with E-state index in [1.807, 2.05) is 6.92 Å². The number of aliphatic hydroxyl groups excluding tert-OH is 2. The maximum absolute atomic E-state index is 11.7. The van der Waals surface area contributed by atoms with Gasteiger partial charge in [-0.1, -0.05) is 17.7 Å². The van der Waals surface area contributed by atoms with Crippen LogP contribution in [0.4, 0.5) is 0 Å². The summed E-state index contributed by atoms with van der Waals surface area (Å²) in [6.45, 7) is 1.58. The molecule has 0 saturated carbocycles. The highest BCUT2D eigenvalue weighted by molar-refractivity contribution is 7.86. The molecule has 0 fully saturated rings. The molecule has 102 valence electrons. The van der Waals surface area contributed by atoms with Crippen molar-refractivity contribution in [3.63, 3.8) is 0 Å². The van der Waals surface area contributed by atoms with E-state index in [1.165, 1.54) is 19.2 Å². The minimum Gasteiger partial charge on any atom is -0.385 e. The standard InChI is InChI=1S/C11H16O6S/c1-8-3-5-9(6-4-8)18(14,15)17-11(13)10(12)7-16-2/h3-6,10-13H,7H2,1-2H3. The first-order valence-corrected chi connectivity index (χ1v) is 6.62. The van der Waals surface area contributed by atoms with E-state index in [2.05, 4.69) is 8.92 Å². The number of methoxy groups -OCH3 is 1. The average molecular weight is 276 g/mol. The van der Waals surface area contributed by atoms with Crippen LogP contribution in [0.1, 0.15) is 5.56 Å². The van der Waals surface area contributed by atoms with E-state index in [0.717, 1.165) is 5.56 Å². The highest BCUT2D eigenvalue weighted by atomic mass is 32.2. The largest absolute Gasteiger partial charge is 0.385 e. The van der Waals surface area contributed by atoms with Crippen LogP contribution in [0.2, 0.25) is 0 Å². The number of ether oxygens (including phenoxy) is 1. The van der Waals surface area contributed by atoms with Crippen LogP contribution >= 0.6 is 0 Å². The molecule has 1 aromatic rings.